The van der Waals surface area contributed by atoms with Crippen LogP contribution in [-0.2, 0) is 9.59 Å². The number of aliphatic carboxylic acids is 1. The van der Waals surface area contributed by atoms with Gasteiger partial charge in [0.25, 0.3) is 0 Å². The molecule has 4 N–H and O–H groups in total. The van der Waals surface area contributed by atoms with Gasteiger partial charge in [-0.2, -0.15) is 5.10 Å². The molecule has 5 aromatic rings. The van der Waals surface area contributed by atoms with Crippen molar-refractivity contribution in [1.29, 1.82) is 0 Å². The number of rotatable bonds is 9. The van der Waals surface area contributed by atoms with E-state index >= 15 is 0 Å². The SMILES string of the molecule is CCCC(=O)Nc1cccc(-c2nc(Nc3ccc4[nH]ncc4c3)c3cc(OCC(=O)O)ccc3n2)c1. The Labute approximate surface area is 211 Å². The first-order chi connectivity index (χ1) is 18.0. The van der Waals surface area contributed by atoms with Gasteiger partial charge in [-0.3, -0.25) is 9.89 Å². The predicted octanol–water partition coefficient (Wildman–Crippen LogP) is 5.12. The quantitative estimate of drug-likeness (QED) is 0.220. The molecule has 0 atom stereocenters. The summed E-state index contributed by atoms with van der Waals surface area (Å²) in [6.07, 6.45) is 2.94. The Hall–Kier alpha value is -4.99. The lowest BCUT2D eigenvalue weighted by Crippen LogP contribution is -2.10. The molecule has 0 fully saturated rings. The first-order valence-electron chi connectivity index (χ1n) is 11.8. The van der Waals surface area contributed by atoms with E-state index in [9.17, 15) is 9.59 Å². The lowest BCUT2D eigenvalue weighted by atomic mass is 10.1. The molecule has 2 heterocycles. The Morgan fingerprint density at radius 2 is 1.92 bits per heavy atom. The van der Waals surface area contributed by atoms with E-state index in [4.69, 9.17) is 19.8 Å². The number of carbonyl (C=O) groups excluding carboxylic acids is 1. The zero-order valence-corrected chi connectivity index (χ0v) is 20.0. The van der Waals surface area contributed by atoms with Gasteiger partial charge in [0.2, 0.25) is 5.91 Å². The van der Waals surface area contributed by atoms with Gasteiger partial charge >= 0.3 is 5.97 Å². The number of nitrogens with one attached hydrogen (secondary N) is 3. The normalized spacial score (nSPS) is 10.9. The van der Waals surface area contributed by atoms with Crippen molar-refractivity contribution in [3.8, 4) is 17.1 Å². The Balaban J connectivity index is 1.56. The highest BCUT2D eigenvalue weighted by Crippen LogP contribution is 2.31. The van der Waals surface area contributed by atoms with Crippen molar-refractivity contribution in [3.63, 3.8) is 0 Å². The highest BCUT2D eigenvalue weighted by atomic mass is 16.5. The monoisotopic (exact) mass is 496 g/mol. The fraction of sp³-hybridized carbons (Fsp3) is 0.148. The highest BCUT2D eigenvalue weighted by molar-refractivity contribution is 5.95. The number of aromatic amines is 1. The fourth-order valence-corrected chi connectivity index (χ4v) is 3.91. The van der Waals surface area contributed by atoms with Crippen LogP contribution < -0.4 is 15.4 Å². The summed E-state index contributed by atoms with van der Waals surface area (Å²) in [5, 5.41) is 23.8. The van der Waals surface area contributed by atoms with Crippen LogP contribution in [0, 0.1) is 0 Å². The molecule has 2 aromatic heterocycles. The van der Waals surface area contributed by atoms with Gasteiger partial charge in [-0.1, -0.05) is 19.1 Å². The molecule has 37 heavy (non-hydrogen) atoms. The van der Waals surface area contributed by atoms with Crippen LogP contribution in [0.1, 0.15) is 19.8 Å². The molecule has 5 rings (SSSR count). The van der Waals surface area contributed by atoms with E-state index in [2.05, 4.69) is 20.8 Å². The number of carbonyl (C=O) groups is 2. The van der Waals surface area contributed by atoms with Crippen LogP contribution in [0.3, 0.4) is 0 Å². The number of amides is 1. The average Bonchev–Trinajstić information content (AvgIpc) is 3.36. The van der Waals surface area contributed by atoms with Crippen LogP contribution in [-0.4, -0.2) is 43.8 Å². The molecule has 0 radical (unpaired) electrons. The van der Waals surface area contributed by atoms with Crippen molar-refractivity contribution >= 4 is 50.9 Å². The minimum atomic E-state index is -1.07. The summed E-state index contributed by atoms with van der Waals surface area (Å²) in [5.74, 6) is 0.253. The molecule has 0 aliphatic heterocycles. The molecule has 0 saturated carbocycles. The summed E-state index contributed by atoms with van der Waals surface area (Å²) < 4.78 is 5.38. The average molecular weight is 497 g/mol. The zero-order chi connectivity index (χ0) is 25.8. The van der Waals surface area contributed by atoms with Gasteiger partial charge < -0.3 is 20.5 Å². The first-order valence-corrected chi connectivity index (χ1v) is 11.8. The van der Waals surface area contributed by atoms with Crippen LogP contribution in [0.25, 0.3) is 33.2 Å². The highest BCUT2D eigenvalue weighted by Gasteiger charge is 2.13. The number of carboxylic acid groups (broad SMARTS) is 1. The standard InChI is InChI=1S/C27H24N6O4/c1-2-4-24(34)29-18-6-3-5-16(11-18)26-31-23-10-8-20(37-15-25(35)36)13-21(23)27(32-26)30-19-7-9-22-17(12-19)14-28-33-22/h3,5-14H,2,4,15H2,1H3,(H,28,33)(H,29,34)(H,35,36)(H,30,31,32). The van der Waals surface area contributed by atoms with Crippen LogP contribution in [0.15, 0.2) is 66.9 Å². The summed E-state index contributed by atoms with van der Waals surface area (Å²) in [6.45, 7) is 1.50. The van der Waals surface area contributed by atoms with Gasteiger partial charge in [0.15, 0.2) is 12.4 Å². The van der Waals surface area contributed by atoms with Gasteiger partial charge in [-0.05, 0) is 55.0 Å². The maximum atomic E-state index is 12.1. The summed E-state index contributed by atoms with van der Waals surface area (Å²) >= 11 is 0. The number of hydrogen-bond acceptors (Lipinski definition) is 7. The van der Waals surface area contributed by atoms with Crippen LogP contribution in [0.2, 0.25) is 0 Å². The number of H-pyrrole nitrogens is 1. The third-order valence-electron chi connectivity index (χ3n) is 5.61. The predicted molar refractivity (Wildman–Crippen MR) is 141 cm³/mol. The number of anilines is 3. The number of fused-ring (bicyclic) bond motifs is 2. The van der Waals surface area contributed by atoms with Gasteiger partial charge in [-0.15, -0.1) is 0 Å². The molecule has 0 aliphatic carbocycles. The molecule has 10 nitrogen and oxygen atoms in total. The van der Waals surface area contributed by atoms with E-state index in [1.54, 1.807) is 24.4 Å². The van der Waals surface area contributed by atoms with E-state index in [1.165, 1.54) is 0 Å². The Morgan fingerprint density at radius 1 is 1.03 bits per heavy atom. The summed E-state index contributed by atoms with van der Waals surface area (Å²) in [5.41, 5.74) is 3.73. The third kappa shape index (κ3) is 5.48. The lowest BCUT2D eigenvalue weighted by molar-refractivity contribution is -0.139. The molecule has 0 bridgehead atoms. The summed E-state index contributed by atoms with van der Waals surface area (Å²) in [4.78, 5) is 32.6. The van der Waals surface area contributed by atoms with Gasteiger partial charge in [0, 0.05) is 34.1 Å². The molecule has 0 saturated heterocycles. The Kier molecular flexibility index (Phi) is 6.62. The van der Waals surface area contributed by atoms with Crippen molar-refractivity contribution in [2.45, 2.75) is 19.8 Å². The molecule has 0 aliphatic rings. The van der Waals surface area contributed by atoms with E-state index < -0.39 is 12.6 Å². The van der Waals surface area contributed by atoms with E-state index in [0.29, 0.717) is 40.4 Å². The smallest absolute Gasteiger partial charge is 0.341 e. The second kappa shape index (κ2) is 10.3. The lowest BCUT2D eigenvalue weighted by Gasteiger charge is -2.13. The van der Waals surface area contributed by atoms with Gasteiger partial charge in [0.05, 0.1) is 17.2 Å². The third-order valence-corrected chi connectivity index (χ3v) is 5.61. The number of hydrogen-bond donors (Lipinski definition) is 4. The molecule has 1 amide bonds. The van der Waals surface area contributed by atoms with Crippen LogP contribution in [0.4, 0.5) is 17.2 Å². The second-order valence-electron chi connectivity index (χ2n) is 8.43. The van der Waals surface area contributed by atoms with Crippen molar-refractivity contribution < 1.29 is 19.4 Å². The molecule has 186 valence electrons. The van der Waals surface area contributed by atoms with E-state index in [0.717, 1.165) is 28.6 Å². The van der Waals surface area contributed by atoms with Crippen molar-refractivity contribution in [2.24, 2.45) is 0 Å². The number of aromatic nitrogens is 4. The number of nitrogens with zero attached hydrogens (tertiary/aromatic N) is 3. The summed E-state index contributed by atoms with van der Waals surface area (Å²) in [6, 6.07) is 18.3. The zero-order valence-electron chi connectivity index (χ0n) is 20.0. The maximum Gasteiger partial charge on any atom is 0.341 e. The van der Waals surface area contributed by atoms with E-state index in [1.807, 2.05) is 49.4 Å². The minimum absolute atomic E-state index is 0.0510. The molecular formula is C27H24N6O4. The Bertz CT molecular complexity index is 1610. The summed E-state index contributed by atoms with van der Waals surface area (Å²) in [7, 11) is 0. The van der Waals surface area contributed by atoms with E-state index in [-0.39, 0.29) is 5.91 Å². The van der Waals surface area contributed by atoms with Crippen molar-refractivity contribution in [2.75, 3.05) is 17.2 Å². The number of benzene rings is 3. The molecule has 10 heteroatoms. The van der Waals surface area contributed by atoms with Gasteiger partial charge in [-0.25, -0.2) is 14.8 Å². The fourth-order valence-electron chi connectivity index (χ4n) is 3.91. The maximum absolute atomic E-state index is 12.1. The molecule has 0 spiro atoms. The molecule has 3 aromatic carbocycles. The van der Waals surface area contributed by atoms with Crippen LogP contribution in [0.5, 0.6) is 5.75 Å². The largest absolute Gasteiger partial charge is 0.482 e. The topological polar surface area (TPSA) is 142 Å². The number of ether oxygens (including phenoxy) is 1. The van der Waals surface area contributed by atoms with Crippen molar-refractivity contribution in [3.05, 3.63) is 66.9 Å². The first kappa shape index (κ1) is 23.7. The van der Waals surface area contributed by atoms with Crippen molar-refractivity contribution in [1.82, 2.24) is 20.2 Å². The van der Waals surface area contributed by atoms with Crippen LogP contribution >= 0.6 is 0 Å². The number of carboxylic acids is 1. The molecule has 0 unspecified atom stereocenters. The minimum Gasteiger partial charge on any atom is -0.482 e. The molecular weight excluding hydrogens is 472 g/mol. The van der Waals surface area contributed by atoms with Gasteiger partial charge in [0.1, 0.15) is 11.6 Å². The Morgan fingerprint density at radius 3 is 2.76 bits per heavy atom. The second-order valence-corrected chi connectivity index (χ2v) is 8.43.